The Morgan fingerprint density at radius 2 is 1.79 bits per heavy atom. The molecule has 2 heterocycles. The van der Waals surface area contributed by atoms with Gasteiger partial charge in [-0.05, 0) is 36.7 Å². The van der Waals surface area contributed by atoms with Gasteiger partial charge in [0.2, 0.25) is 11.8 Å². The summed E-state index contributed by atoms with van der Waals surface area (Å²) < 4.78 is 13.4. The molecule has 2 aromatic rings. The molecule has 2 aliphatic heterocycles. The molecule has 0 aliphatic carbocycles. The topological polar surface area (TPSA) is 55.9 Å². The van der Waals surface area contributed by atoms with E-state index in [1.54, 1.807) is 0 Å². The lowest BCUT2D eigenvalue weighted by Crippen LogP contribution is -2.46. The van der Waals surface area contributed by atoms with Crippen molar-refractivity contribution in [2.45, 2.75) is 19.4 Å². The summed E-state index contributed by atoms with van der Waals surface area (Å²) in [5.41, 5.74) is 1.87. The van der Waals surface area contributed by atoms with E-state index >= 15 is 0 Å². The predicted molar refractivity (Wildman–Crippen MR) is 128 cm³/mol. The molecule has 2 aliphatic rings. The Bertz CT molecular complexity index is 966. The third-order valence-corrected chi connectivity index (χ3v) is 6.66. The van der Waals surface area contributed by atoms with Crippen LogP contribution in [0.4, 0.5) is 10.1 Å². The zero-order valence-corrected chi connectivity index (χ0v) is 19.4. The van der Waals surface area contributed by atoms with E-state index in [4.69, 9.17) is 11.6 Å². The number of benzene rings is 2. The highest BCUT2D eigenvalue weighted by Gasteiger charge is 2.35. The summed E-state index contributed by atoms with van der Waals surface area (Å²) in [4.78, 5) is 31.3. The lowest BCUT2D eigenvalue weighted by molar-refractivity contribution is -0.126. The molecule has 1 unspecified atom stereocenters. The SMILES string of the molecule is O=C(NCCCN1CCN(Cc2ccccc2)CC1)C1CC(=O)N(c2ccc(F)c(Cl)c2)C1. The zero-order chi connectivity index (χ0) is 23.2. The van der Waals surface area contributed by atoms with Crippen molar-refractivity contribution in [1.29, 1.82) is 0 Å². The molecular weight excluding hydrogens is 443 g/mol. The Kier molecular flexibility index (Phi) is 7.96. The number of hydrogen-bond acceptors (Lipinski definition) is 4. The minimum absolute atomic E-state index is 0.0332. The smallest absolute Gasteiger partial charge is 0.227 e. The lowest BCUT2D eigenvalue weighted by Gasteiger charge is -2.34. The van der Waals surface area contributed by atoms with Crippen molar-refractivity contribution in [3.63, 3.8) is 0 Å². The van der Waals surface area contributed by atoms with Crippen LogP contribution >= 0.6 is 11.6 Å². The van der Waals surface area contributed by atoms with Gasteiger partial charge >= 0.3 is 0 Å². The van der Waals surface area contributed by atoms with Crippen LogP contribution < -0.4 is 10.2 Å². The highest BCUT2D eigenvalue weighted by Crippen LogP contribution is 2.28. The van der Waals surface area contributed by atoms with Crippen molar-refractivity contribution in [1.82, 2.24) is 15.1 Å². The van der Waals surface area contributed by atoms with E-state index in [0.29, 0.717) is 12.2 Å². The molecule has 0 saturated carbocycles. The summed E-state index contributed by atoms with van der Waals surface area (Å²) in [6.07, 6.45) is 1.03. The molecule has 2 aromatic carbocycles. The molecule has 176 valence electrons. The van der Waals surface area contributed by atoms with Gasteiger partial charge in [0, 0.05) is 57.9 Å². The second-order valence-corrected chi connectivity index (χ2v) is 9.16. The van der Waals surface area contributed by atoms with Crippen LogP contribution in [0, 0.1) is 11.7 Å². The molecule has 2 amide bonds. The Balaban J connectivity index is 1.14. The van der Waals surface area contributed by atoms with Gasteiger partial charge in [-0.1, -0.05) is 41.9 Å². The number of carbonyl (C=O) groups is 2. The first-order chi connectivity index (χ1) is 16.0. The van der Waals surface area contributed by atoms with Crippen LogP contribution in [0.5, 0.6) is 0 Å². The van der Waals surface area contributed by atoms with Gasteiger partial charge in [-0.25, -0.2) is 4.39 Å². The highest BCUT2D eigenvalue weighted by atomic mass is 35.5. The summed E-state index contributed by atoms with van der Waals surface area (Å²) in [5.74, 6) is -1.18. The maximum Gasteiger partial charge on any atom is 0.227 e. The molecule has 6 nitrogen and oxygen atoms in total. The van der Waals surface area contributed by atoms with E-state index in [1.165, 1.54) is 28.7 Å². The van der Waals surface area contributed by atoms with Crippen molar-refractivity contribution < 1.29 is 14.0 Å². The number of hydrogen-bond donors (Lipinski definition) is 1. The Labute approximate surface area is 199 Å². The Morgan fingerprint density at radius 3 is 2.52 bits per heavy atom. The molecule has 0 radical (unpaired) electrons. The van der Waals surface area contributed by atoms with Gasteiger partial charge in [0.05, 0.1) is 10.9 Å². The quantitative estimate of drug-likeness (QED) is 0.600. The first-order valence-corrected chi connectivity index (χ1v) is 11.9. The zero-order valence-electron chi connectivity index (χ0n) is 18.7. The number of anilines is 1. The monoisotopic (exact) mass is 472 g/mol. The second kappa shape index (κ2) is 11.1. The van der Waals surface area contributed by atoms with Gasteiger partial charge < -0.3 is 15.1 Å². The largest absolute Gasteiger partial charge is 0.356 e. The van der Waals surface area contributed by atoms with Gasteiger partial charge in [0.15, 0.2) is 0 Å². The van der Waals surface area contributed by atoms with Crippen molar-refractivity contribution in [3.8, 4) is 0 Å². The Hall–Kier alpha value is -2.48. The van der Waals surface area contributed by atoms with Gasteiger partial charge in [0.1, 0.15) is 5.82 Å². The summed E-state index contributed by atoms with van der Waals surface area (Å²) >= 11 is 5.83. The van der Waals surface area contributed by atoms with Gasteiger partial charge in [-0.2, -0.15) is 0 Å². The van der Waals surface area contributed by atoms with Gasteiger partial charge in [-0.15, -0.1) is 0 Å². The highest BCUT2D eigenvalue weighted by molar-refractivity contribution is 6.31. The number of piperazine rings is 1. The first kappa shape index (κ1) is 23.7. The normalized spacial score (nSPS) is 19.8. The van der Waals surface area contributed by atoms with Crippen LogP contribution in [-0.2, 0) is 16.1 Å². The third-order valence-electron chi connectivity index (χ3n) is 6.37. The van der Waals surface area contributed by atoms with Gasteiger partial charge in [0.25, 0.3) is 0 Å². The van der Waals surface area contributed by atoms with Crippen LogP contribution in [0.2, 0.25) is 5.02 Å². The standard InChI is InChI=1S/C25H30ClFN4O2/c26-22-16-21(7-8-23(22)27)31-18-20(15-24(31)32)25(33)28-9-4-10-29-11-13-30(14-12-29)17-19-5-2-1-3-6-19/h1-3,5-8,16,20H,4,9-15,17-18H2,(H,28,33). The minimum atomic E-state index is -0.529. The van der Waals surface area contributed by atoms with Crippen molar-refractivity contribution >= 4 is 29.1 Å². The van der Waals surface area contributed by atoms with Crippen LogP contribution in [0.1, 0.15) is 18.4 Å². The average Bonchev–Trinajstić information content (AvgIpc) is 3.22. The number of carbonyl (C=O) groups excluding carboxylic acids is 2. The second-order valence-electron chi connectivity index (χ2n) is 8.75. The van der Waals surface area contributed by atoms with Crippen LogP contribution in [0.15, 0.2) is 48.5 Å². The molecule has 4 rings (SSSR count). The summed E-state index contributed by atoms with van der Waals surface area (Å²) in [6, 6.07) is 14.7. The van der Waals surface area contributed by atoms with Crippen LogP contribution in [0.25, 0.3) is 0 Å². The molecule has 8 heteroatoms. The minimum Gasteiger partial charge on any atom is -0.356 e. The van der Waals surface area contributed by atoms with E-state index in [-0.39, 0.29) is 29.8 Å². The van der Waals surface area contributed by atoms with Crippen molar-refractivity contribution in [2.75, 3.05) is 50.7 Å². The number of rotatable bonds is 8. The van der Waals surface area contributed by atoms with Crippen molar-refractivity contribution in [2.24, 2.45) is 5.92 Å². The number of nitrogens with zero attached hydrogens (tertiary/aromatic N) is 3. The van der Waals surface area contributed by atoms with Crippen molar-refractivity contribution in [3.05, 3.63) is 64.9 Å². The fraction of sp³-hybridized carbons (Fsp3) is 0.440. The summed E-state index contributed by atoms with van der Waals surface area (Å²) in [5, 5.41) is 2.94. The number of amides is 2. The number of halogens is 2. The molecule has 0 aromatic heterocycles. The molecule has 1 N–H and O–H groups in total. The van der Waals surface area contributed by atoms with Crippen LogP contribution in [-0.4, -0.2) is 67.4 Å². The summed E-state index contributed by atoms with van der Waals surface area (Å²) in [7, 11) is 0. The Morgan fingerprint density at radius 1 is 1.06 bits per heavy atom. The third kappa shape index (κ3) is 6.31. The molecule has 2 saturated heterocycles. The van der Waals surface area contributed by atoms with Gasteiger partial charge in [-0.3, -0.25) is 14.5 Å². The van der Waals surface area contributed by atoms with E-state index in [9.17, 15) is 14.0 Å². The lowest BCUT2D eigenvalue weighted by atomic mass is 10.1. The first-order valence-electron chi connectivity index (χ1n) is 11.5. The molecule has 33 heavy (non-hydrogen) atoms. The maximum atomic E-state index is 13.4. The summed E-state index contributed by atoms with van der Waals surface area (Å²) in [6.45, 7) is 6.99. The van der Waals surface area contributed by atoms with E-state index in [2.05, 4.69) is 39.4 Å². The molecule has 1 atom stereocenters. The van der Waals surface area contributed by atoms with E-state index in [0.717, 1.165) is 45.7 Å². The molecular formula is C25H30ClFN4O2. The molecule has 2 fully saturated rings. The van der Waals surface area contributed by atoms with E-state index in [1.807, 2.05) is 6.07 Å². The molecule has 0 spiro atoms. The van der Waals surface area contributed by atoms with Crippen LogP contribution in [0.3, 0.4) is 0 Å². The average molecular weight is 473 g/mol. The number of nitrogens with one attached hydrogen (secondary N) is 1. The fourth-order valence-electron chi connectivity index (χ4n) is 4.46. The molecule has 0 bridgehead atoms. The maximum absolute atomic E-state index is 13.4. The predicted octanol–water partition coefficient (Wildman–Crippen LogP) is 3.16. The fourth-order valence-corrected chi connectivity index (χ4v) is 4.63. The van der Waals surface area contributed by atoms with E-state index < -0.39 is 11.7 Å².